The van der Waals surface area contributed by atoms with Crippen LogP contribution in [-0.2, 0) is 17.9 Å². The summed E-state index contributed by atoms with van der Waals surface area (Å²) in [6, 6.07) is 42.1. The maximum absolute atomic E-state index is 11.1. The molecule has 13 nitrogen and oxygen atoms in total. The molecule has 0 aliphatic carbocycles. The van der Waals surface area contributed by atoms with Crippen molar-refractivity contribution in [1.29, 1.82) is 0 Å². The number of rotatable bonds is 13. The minimum absolute atomic E-state index is 0.115. The molecule has 0 aliphatic heterocycles. The predicted octanol–water partition coefficient (Wildman–Crippen LogP) is 10.6. The van der Waals surface area contributed by atoms with Gasteiger partial charge in [0.1, 0.15) is 0 Å². The van der Waals surface area contributed by atoms with E-state index >= 15 is 0 Å². The summed E-state index contributed by atoms with van der Waals surface area (Å²) in [5.74, 6) is -0.822. The van der Waals surface area contributed by atoms with Gasteiger partial charge in [0.15, 0.2) is 11.5 Å². The lowest BCUT2D eigenvalue weighted by atomic mass is 10.2. The van der Waals surface area contributed by atoms with Crippen molar-refractivity contribution >= 4 is 68.8 Å². The van der Waals surface area contributed by atoms with Gasteiger partial charge in [0.05, 0.1) is 15.4 Å². The van der Waals surface area contributed by atoms with Gasteiger partial charge in [-0.1, -0.05) is 72.1 Å². The molecule has 1 aromatic heterocycles. The molecular weight excluding hydrogens is 777 g/mol. The normalized spacial score (nSPS) is 10.6. The Balaban J connectivity index is 0.000000196. The molecule has 0 fully saturated rings. The second kappa shape index (κ2) is 19.2. The number of nitrogens with zero attached hydrogens (tertiary/aromatic N) is 3. The van der Waals surface area contributed by atoms with Crippen molar-refractivity contribution in [3.05, 3.63) is 177 Å². The summed E-state index contributed by atoms with van der Waals surface area (Å²) in [6.45, 7) is 2.43. The first kappa shape index (κ1) is 40.6. The number of aromatic nitrogens is 1. The van der Waals surface area contributed by atoms with Crippen molar-refractivity contribution in [1.82, 2.24) is 4.98 Å². The van der Waals surface area contributed by atoms with Gasteiger partial charge in [-0.15, -0.1) is 0 Å². The summed E-state index contributed by atoms with van der Waals surface area (Å²) in [5.41, 5.74) is 4.25. The Morgan fingerprint density at radius 1 is 0.621 bits per heavy atom. The molecule has 0 radical (unpaired) electrons. The Hall–Kier alpha value is -7.10. The predicted molar refractivity (Wildman–Crippen MR) is 228 cm³/mol. The van der Waals surface area contributed by atoms with E-state index in [1.807, 2.05) is 84.9 Å². The third-order valence-electron chi connectivity index (χ3n) is 8.46. The number of nitro benzene ring substituents is 2. The molecule has 15 heteroatoms. The number of carbonyl (C=O) groups is 1. The molecule has 0 saturated carbocycles. The molecule has 0 atom stereocenters. The fourth-order valence-corrected chi connectivity index (χ4v) is 7.55. The third-order valence-corrected chi connectivity index (χ3v) is 10.7. The largest absolute Gasteiger partial charge is 0.502 e. The van der Waals surface area contributed by atoms with Crippen LogP contribution in [0.4, 0.5) is 28.4 Å². The Kier molecular flexibility index (Phi) is 13.4. The molecule has 0 unspecified atom stereocenters. The number of aromatic hydroxyl groups is 2. The molecule has 1 heterocycles. The van der Waals surface area contributed by atoms with E-state index in [9.17, 15) is 35.2 Å². The van der Waals surface area contributed by atoms with Gasteiger partial charge in [-0.25, -0.2) is 0 Å². The molecule has 6 aromatic carbocycles. The molecule has 0 spiro atoms. The van der Waals surface area contributed by atoms with Crippen LogP contribution in [0.1, 0.15) is 18.1 Å². The summed E-state index contributed by atoms with van der Waals surface area (Å²) >= 11 is 3.23. The second-order valence-electron chi connectivity index (χ2n) is 12.6. The van der Waals surface area contributed by atoms with E-state index in [2.05, 4.69) is 39.1 Å². The molecule has 0 aliphatic rings. The van der Waals surface area contributed by atoms with E-state index in [0.717, 1.165) is 47.3 Å². The third kappa shape index (κ3) is 11.0. The highest BCUT2D eigenvalue weighted by atomic mass is 32.2. The van der Waals surface area contributed by atoms with Crippen molar-refractivity contribution in [3.8, 4) is 11.5 Å². The van der Waals surface area contributed by atoms with Gasteiger partial charge in [-0.3, -0.25) is 30.0 Å². The standard InChI is InChI=1S/C22H17N3O3S.C21H19N3O4S/c26-21-10-8-17(12-20(21)25(27)28)24-14-16-4-1-2-6-22(16)29-18-9-7-15-5-3-11-23-19(15)13-18;1-14(25)23-16-6-9-18(10-7-16)29-21-5-3-2-4-15(21)13-22-17-8-11-20(26)19(12-17)24(27)28/h1-13,24,26H,14H2;2-12,22,26H,13H2,1H3,(H,23,25). The Bertz CT molecular complexity index is 2590. The highest BCUT2D eigenvalue weighted by Gasteiger charge is 2.15. The van der Waals surface area contributed by atoms with Crippen LogP contribution in [0.3, 0.4) is 0 Å². The van der Waals surface area contributed by atoms with Crippen molar-refractivity contribution < 1.29 is 24.9 Å². The number of nitrogens with one attached hydrogen (secondary N) is 3. The number of hydrogen-bond acceptors (Lipinski definition) is 12. The van der Waals surface area contributed by atoms with Gasteiger partial charge in [-0.2, -0.15) is 0 Å². The van der Waals surface area contributed by atoms with Gasteiger partial charge >= 0.3 is 11.4 Å². The van der Waals surface area contributed by atoms with E-state index in [0.29, 0.717) is 24.5 Å². The number of phenols is 2. The Labute approximate surface area is 341 Å². The maximum Gasteiger partial charge on any atom is 0.312 e. The van der Waals surface area contributed by atoms with Crippen molar-refractivity contribution in [2.75, 3.05) is 16.0 Å². The summed E-state index contributed by atoms with van der Waals surface area (Å²) in [4.78, 5) is 40.5. The van der Waals surface area contributed by atoms with E-state index in [4.69, 9.17) is 0 Å². The highest BCUT2D eigenvalue weighted by molar-refractivity contribution is 7.99. The fraction of sp³-hybridized carbons (Fsp3) is 0.0698. The summed E-state index contributed by atoms with van der Waals surface area (Å²) in [6.07, 6.45) is 1.78. The summed E-state index contributed by atoms with van der Waals surface area (Å²) < 4.78 is 0. The molecule has 58 heavy (non-hydrogen) atoms. The lowest BCUT2D eigenvalue weighted by Gasteiger charge is -2.12. The minimum atomic E-state index is -0.616. The highest BCUT2D eigenvalue weighted by Crippen LogP contribution is 2.35. The topological polar surface area (TPSA) is 193 Å². The first-order valence-corrected chi connectivity index (χ1v) is 19.3. The average Bonchev–Trinajstić information content (AvgIpc) is 3.21. The molecule has 7 aromatic rings. The zero-order valence-corrected chi connectivity index (χ0v) is 32.5. The minimum Gasteiger partial charge on any atom is -0.502 e. The van der Waals surface area contributed by atoms with E-state index < -0.39 is 9.85 Å². The van der Waals surface area contributed by atoms with Crippen LogP contribution in [0.15, 0.2) is 165 Å². The first-order chi connectivity index (χ1) is 28.0. The second-order valence-corrected chi connectivity index (χ2v) is 14.8. The van der Waals surface area contributed by atoms with E-state index in [1.54, 1.807) is 41.9 Å². The number of phenolic OH excluding ortho intramolecular Hbond substituents is 2. The van der Waals surface area contributed by atoms with Crippen molar-refractivity contribution in [2.45, 2.75) is 39.6 Å². The SMILES string of the molecule is CC(=O)Nc1ccc(Sc2ccccc2CNc2ccc(O)c([N+](=O)[O-])c2)cc1.O=[N+]([O-])c1cc(NCc2ccccc2Sc2ccc3cccnc3c2)ccc1O. The Morgan fingerprint density at radius 3 is 1.66 bits per heavy atom. The summed E-state index contributed by atoms with van der Waals surface area (Å²) in [5, 5.41) is 51.4. The number of hydrogen-bond donors (Lipinski definition) is 5. The van der Waals surface area contributed by atoms with E-state index in [-0.39, 0.29) is 28.8 Å². The van der Waals surface area contributed by atoms with Crippen molar-refractivity contribution in [2.24, 2.45) is 0 Å². The zero-order chi connectivity index (χ0) is 41.0. The number of amides is 1. The van der Waals surface area contributed by atoms with Crippen LogP contribution < -0.4 is 16.0 Å². The van der Waals surface area contributed by atoms with Crippen LogP contribution in [0.25, 0.3) is 10.9 Å². The van der Waals surface area contributed by atoms with Gasteiger partial charge in [0, 0.05) is 80.4 Å². The monoisotopic (exact) mass is 812 g/mol. The maximum atomic E-state index is 11.1. The summed E-state index contributed by atoms with van der Waals surface area (Å²) in [7, 11) is 0. The average molecular weight is 813 g/mol. The molecule has 5 N–H and O–H groups in total. The molecular formula is C43H36N6O7S2. The van der Waals surface area contributed by atoms with Crippen LogP contribution in [-0.4, -0.2) is 31.0 Å². The molecule has 0 bridgehead atoms. The number of fused-ring (bicyclic) bond motifs is 1. The molecule has 0 saturated heterocycles. The van der Waals surface area contributed by atoms with Gasteiger partial charge < -0.3 is 26.2 Å². The molecule has 7 rings (SSSR count). The smallest absolute Gasteiger partial charge is 0.312 e. The molecule has 1 amide bonds. The van der Waals surface area contributed by atoms with E-state index in [1.165, 1.54) is 31.2 Å². The van der Waals surface area contributed by atoms with Gasteiger partial charge in [0.25, 0.3) is 0 Å². The molecule has 292 valence electrons. The van der Waals surface area contributed by atoms with Crippen LogP contribution >= 0.6 is 23.5 Å². The lowest BCUT2D eigenvalue weighted by molar-refractivity contribution is -0.385. The number of benzene rings is 6. The van der Waals surface area contributed by atoms with Crippen LogP contribution in [0.2, 0.25) is 0 Å². The van der Waals surface area contributed by atoms with Crippen molar-refractivity contribution in [3.63, 3.8) is 0 Å². The van der Waals surface area contributed by atoms with Crippen LogP contribution in [0, 0.1) is 20.2 Å². The number of pyridine rings is 1. The van der Waals surface area contributed by atoms with Crippen LogP contribution in [0.5, 0.6) is 11.5 Å². The first-order valence-electron chi connectivity index (χ1n) is 17.7. The number of nitro groups is 2. The fourth-order valence-electron chi connectivity index (χ4n) is 5.63. The lowest BCUT2D eigenvalue weighted by Crippen LogP contribution is -2.05. The van der Waals surface area contributed by atoms with Gasteiger partial charge in [0.2, 0.25) is 5.91 Å². The van der Waals surface area contributed by atoms with Gasteiger partial charge in [-0.05, 0) is 90.0 Å². The quantitative estimate of drug-likeness (QED) is 0.0421. The number of carbonyl (C=O) groups excluding carboxylic acids is 1. The zero-order valence-electron chi connectivity index (χ0n) is 30.9. The Morgan fingerprint density at radius 2 is 1.12 bits per heavy atom. The number of anilines is 3.